The number of hydrogen-bond donors (Lipinski definition) is 0. The first-order valence-corrected chi connectivity index (χ1v) is 11.8. The summed E-state index contributed by atoms with van der Waals surface area (Å²) in [5.74, 6) is 0.253. The molecule has 32 heavy (non-hydrogen) atoms. The van der Waals surface area contributed by atoms with E-state index < -0.39 is 11.7 Å². The van der Waals surface area contributed by atoms with Gasteiger partial charge in [-0.2, -0.15) is 13.2 Å². The van der Waals surface area contributed by atoms with Crippen LogP contribution in [0.15, 0.2) is 53.7 Å². The zero-order chi connectivity index (χ0) is 22.9. The number of fused-ring (bicyclic) bond motifs is 1. The van der Waals surface area contributed by atoms with E-state index in [-0.39, 0.29) is 29.3 Å². The fourth-order valence-electron chi connectivity index (χ4n) is 4.43. The lowest BCUT2D eigenvalue weighted by Gasteiger charge is -2.39. The average Bonchev–Trinajstić information content (AvgIpc) is 3.09. The van der Waals surface area contributed by atoms with Gasteiger partial charge >= 0.3 is 6.18 Å². The first-order valence-electron chi connectivity index (χ1n) is 10.8. The molecule has 1 saturated heterocycles. The molecular formula is C24H26F3N3OS. The van der Waals surface area contributed by atoms with Crippen molar-refractivity contribution in [3.8, 4) is 0 Å². The number of aromatic nitrogens is 2. The van der Waals surface area contributed by atoms with Gasteiger partial charge in [-0.1, -0.05) is 42.1 Å². The van der Waals surface area contributed by atoms with Crippen molar-refractivity contribution in [2.24, 2.45) is 0 Å². The predicted octanol–water partition coefficient (Wildman–Crippen LogP) is 5.99. The number of alkyl halides is 3. The molecule has 170 valence electrons. The molecular weight excluding hydrogens is 435 g/mol. The molecule has 1 aromatic heterocycles. The van der Waals surface area contributed by atoms with E-state index in [2.05, 4.69) is 18.8 Å². The molecule has 0 aliphatic carbocycles. The lowest BCUT2D eigenvalue weighted by atomic mass is 9.98. The van der Waals surface area contributed by atoms with Crippen LogP contribution in [0.5, 0.6) is 0 Å². The lowest BCUT2D eigenvalue weighted by molar-refractivity contribution is -0.137. The van der Waals surface area contributed by atoms with Crippen molar-refractivity contribution in [1.29, 1.82) is 0 Å². The zero-order valence-corrected chi connectivity index (χ0v) is 18.9. The number of nitrogens with zero attached hydrogens (tertiary/aromatic N) is 3. The molecule has 0 bridgehead atoms. The summed E-state index contributed by atoms with van der Waals surface area (Å²) in [5.41, 5.74) is 1.19. The maximum absolute atomic E-state index is 13.2. The Morgan fingerprint density at radius 1 is 1.09 bits per heavy atom. The summed E-state index contributed by atoms with van der Waals surface area (Å²) < 4.78 is 41.5. The van der Waals surface area contributed by atoms with Gasteiger partial charge in [0.1, 0.15) is 0 Å². The number of likely N-dealkylation sites (tertiary alicyclic amines) is 1. The highest BCUT2D eigenvalue weighted by Crippen LogP contribution is 2.33. The van der Waals surface area contributed by atoms with Gasteiger partial charge < -0.3 is 9.47 Å². The standard InChI is InChI=1S/C24H26F3N3OS/c1-16-7-6-8-17(2)30(16)22(31)15-32-23-28-20-13-19(24(25,26)27)11-12-21(20)29(23)14-18-9-4-3-5-10-18/h3-5,9-13,16-17H,6-8,14-15H2,1-2H3. The Labute approximate surface area is 189 Å². The highest BCUT2D eigenvalue weighted by atomic mass is 32.2. The normalized spacial score (nSPS) is 19.5. The van der Waals surface area contributed by atoms with E-state index in [0.717, 1.165) is 37.0 Å². The molecule has 1 fully saturated rings. The molecule has 0 N–H and O–H groups in total. The van der Waals surface area contributed by atoms with Crippen molar-refractivity contribution in [3.63, 3.8) is 0 Å². The van der Waals surface area contributed by atoms with E-state index in [9.17, 15) is 18.0 Å². The van der Waals surface area contributed by atoms with Crippen LogP contribution in [0, 0.1) is 0 Å². The van der Waals surface area contributed by atoms with Gasteiger partial charge in [0, 0.05) is 12.1 Å². The molecule has 2 heterocycles. The van der Waals surface area contributed by atoms with Crippen LogP contribution in [0.1, 0.15) is 44.2 Å². The van der Waals surface area contributed by atoms with Crippen molar-refractivity contribution >= 4 is 28.7 Å². The van der Waals surface area contributed by atoms with E-state index in [1.165, 1.54) is 17.8 Å². The van der Waals surface area contributed by atoms with Gasteiger partial charge in [0.15, 0.2) is 5.16 Å². The van der Waals surface area contributed by atoms with Crippen LogP contribution in [0.3, 0.4) is 0 Å². The monoisotopic (exact) mass is 461 g/mol. The number of benzene rings is 2. The van der Waals surface area contributed by atoms with Gasteiger partial charge in [-0.15, -0.1) is 0 Å². The van der Waals surface area contributed by atoms with Crippen LogP contribution in [-0.4, -0.2) is 38.2 Å². The molecule has 1 aliphatic heterocycles. The molecule has 0 spiro atoms. The number of piperidine rings is 1. The Kier molecular flexibility index (Phi) is 6.51. The summed E-state index contributed by atoms with van der Waals surface area (Å²) in [5, 5.41) is 0.550. The van der Waals surface area contributed by atoms with Gasteiger partial charge in [-0.3, -0.25) is 4.79 Å². The van der Waals surface area contributed by atoms with E-state index in [4.69, 9.17) is 0 Å². The van der Waals surface area contributed by atoms with Crippen LogP contribution in [0.2, 0.25) is 0 Å². The van der Waals surface area contributed by atoms with Crippen LogP contribution < -0.4 is 0 Å². The third-order valence-corrected chi connectivity index (χ3v) is 6.99. The molecule has 4 nitrogen and oxygen atoms in total. The largest absolute Gasteiger partial charge is 0.416 e. The number of rotatable bonds is 5. The number of hydrogen-bond acceptors (Lipinski definition) is 3. The average molecular weight is 462 g/mol. The van der Waals surface area contributed by atoms with E-state index in [1.807, 2.05) is 39.8 Å². The van der Waals surface area contributed by atoms with Crippen molar-refractivity contribution in [1.82, 2.24) is 14.5 Å². The number of halogens is 3. The summed E-state index contributed by atoms with van der Waals surface area (Å²) in [7, 11) is 0. The second kappa shape index (κ2) is 9.17. The van der Waals surface area contributed by atoms with Crippen molar-refractivity contribution < 1.29 is 18.0 Å². The topological polar surface area (TPSA) is 38.1 Å². The van der Waals surface area contributed by atoms with E-state index in [0.29, 0.717) is 17.2 Å². The molecule has 1 amide bonds. The number of imidazole rings is 1. The Morgan fingerprint density at radius 2 is 1.78 bits per heavy atom. The Balaban J connectivity index is 1.64. The SMILES string of the molecule is CC1CCCC(C)N1C(=O)CSc1nc2cc(C(F)(F)F)ccc2n1Cc1ccccc1. The van der Waals surface area contributed by atoms with Gasteiger partial charge in [0.05, 0.1) is 28.9 Å². The van der Waals surface area contributed by atoms with Crippen LogP contribution >= 0.6 is 11.8 Å². The summed E-state index contributed by atoms with van der Waals surface area (Å²) in [6.07, 6.45) is -1.32. The van der Waals surface area contributed by atoms with Crippen LogP contribution in [0.4, 0.5) is 13.2 Å². The smallest absolute Gasteiger partial charge is 0.337 e. The minimum atomic E-state index is -4.43. The lowest BCUT2D eigenvalue weighted by Crippen LogP contribution is -2.48. The van der Waals surface area contributed by atoms with Gasteiger partial charge in [-0.05, 0) is 56.9 Å². The second-order valence-electron chi connectivity index (χ2n) is 8.39. The number of carbonyl (C=O) groups excluding carboxylic acids is 1. The Morgan fingerprint density at radius 3 is 2.44 bits per heavy atom. The number of carbonyl (C=O) groups is 1. The van der Waals surface area contributed by atoms with Crippen LogP contribution in [-0.2, 0) is 17.5 Å². The Bertz CT molecular complexity index is 1090. The van der Waals surface area contributed by atoms with E-state index >= 15 is 0 Å². The summed E-state index contributed by atoms with van der Waals surface area (Å²) >= 11 is 1.29. The molecule has 0 radical (unpaired) electrons. The molecule has 2 atom stereocenters. The molecule has 2 unspecified atom stereocenters. The first-order chi connectivity index (χ1) is 15.2. The minimum Gasteiger partial charge on any atom is -0.337 e. The van der Waals surface area contributed by atoms with E-state index in [1.54, 1.807) is 0 Å². The number of amides is 1. The Hall–Kier alpha value is -2.48. The van der Waals surface area contributed by atoms with Crippen molar-refractivity contribution in [3.05, 3.63) is 59.7 Å². The third-order valence-electron chi connectivity index (χ3n) is 6.03. The fraction of sp³-hybridized carbons (Fsp3) is 0.417. The summed E-state index contributed by atoms with van der Waals surface area (Å²) in [6.45, 7) is 4.61. The van der Waals surface area contributed by atoms with Gasteiger partial charge in [-0.25, -0.2) is 4.98 Å². The van der Waals surface area contributed by atoms with Gasteiger partial charge in [0.2, 0.25) is 5.91 Å². The van der Waals surface area contributed by atoms with Gasteiger partial charge in [0.25, 0.3) is 0 Å². The van der Waals surface area contributed by atoms with Crippen LogP contribution in [0.25, 0.3) is 11.0 Å². The third kappa shape index (κ3) is 4.80. The van der Waals surface area contributed by atoms with Crippen molar-refractivity contribution in [2.75, 3.05) is 5.75 Å². The quantitative estimate of drug-likeness (QED) is 0.439. The maximum atomic E-state index is 13.2. The maximum Gasteiger partial charge on any atom is 0.416 e. The minimum absolute atomic E-state index is 0.0454. The molecule has 1 aliphatic rings. The number of thioether (sulfide) groups is 1. The summed E-state index contributed by atoms with van der Waals surface area (Å²) in [4.78, 5) is 19.4. The molecule has 4 rings (SSSR count). The molecule has 3 aromatic rings. The first kappa shape index (κ1) is 22.7. The second-order valence-corrected chi connectivity index (χ2v) is 9.33. The van der Waals surface area contributed by atoms with Crippen molar-refractivity contribution in [2.45, 2.75) is 63.1 Å². The predicted molar refractivity (Wildman–Crippen MR) is 121 cm³/mol. The molecule has 0 saturated carbocycles. The highest BCUT2D eigenvalue weighted by Gasteiger charge is 2.32. The zero-order valence-electron chi connectivity index (χ0n) is 18.1. The fourth-order valence-corrected chi connectivity index (χ4v) is 5.31. The molecule has 8 heteroatoms. The molecule has 2 aromatic carbocycles. The highest BCUT2D eigenvalue weighted by molar-refractivity contribution is 7.99. The summed E-state index contributed by atoms with van der Waals surface area (Å²) in [6, 6.07) is 13.7.